The zero-order chi connectivity index (χ0) is 25.8. The van der Waals surface area contributed by atoms with Gasteiger partial charge in [-0.15, -0.1) is 9.24 Å². The number of nitrogens with zero attached hydrogens (tertiary/aromatic N) is 2. The number of carbonyl (C=O) groups excluding carboxylic acids is 2. The summed E-state index contributed by atoms with van der Waals surface area (Å²) in [7, 11) is -1.50. The van der Waals surface area contributed by atoms with E-state index in [1.165, 1.54) is 48.5 Å². The molecule has 8 nitrogen and oxygen atoms in total. The van der Waals surface area contributed by atoms with Gasteiger partial charge >= 0.3 is 6.18 Å². The van der Waals surface area contributed by atoms with Gasteiger partial charge in [-0.05, 0) is 36.5 Å². The van der Waals surface area contributed by atoms with Crippen molar-refractivity contribution in [2.24, 2.45) is 5.14 Å². The van der Waals surface area contributed by atoms with Gasteiger partial charge in [0.1, 0.15) is 0 Å². The largest absolute Gasteiger partial charge is 0.435 e. The Bertz CT molecular complexity index is 1320. The summed E-state index contributed by atoms with van der Waals surface area (Å²) in [6.07, 6.45) is -3.99. The number of benzene rings is 2. The Kier molecular flexibility index (Phi) is 8.09. The van der Waals surface area contributed by atoms with E-state index in [0.29, 0.717) is 23.8 Å². The SMILES string of the molecule is NS(=O)(=O)c1ccc(-n2nc(C(F)(F)F)cc2-c2ccc(C(=O)CCC(=O)NCCP)cc2)cc1. The van der Waals surface area contributed by atoms with Crippen LogP contribution in [0.1, 0.15) is 28.9 Å². The third-order valence-electron chi connectivity index (χ3n) is 4.96. The number of aromatic nitrogens is 2. The number of nitrogens with one attached hydrogen (secondary N) is 1. The lowest BCUT2D eigenvalue weighted by Gasteiger charge is -2.09. The second-order valence-electron chi connectivity index (χ2n) is 7.50. The molecule has 3 N–H and O–H groups in total. The lowest BCUT2D eigenvalue weighted by Crippen LogP contribution is -2.25. The number of primary sulfonamides is 1. The van der Waals surface area contributed by atoms with Crippen LogP contribution in [0.15, 0.2) is 59.5 Å². The average molecular weight is 526 g/mol. The number of nitrogens with two attached hydrogens (primary N) is 1. The van der Waals surface area contributed by atoms with Gasteiger partial charge in [-0.25, -0.2) is 18.2 Å². The van der Waals surface area contributed by atoms with E-state index in [0.717, 1.165) is 10.7 Å². The highest BCUT2D eigenvalue weighted by Crippen LogP contribution is 2.33. The van der Waals surface area contributed by atoms with Crippen molar-refractivity contribution >= 4 is 31.0 Å². The molecule has 0 aliphatic rings. The molecular formula is C22H22F3N4O4PS. The summed E-state index contributed by atoms with van der Waals surface area (Å²) in [5.41, 5.74) is -0.221. The molecule has 3 rings (SSSR count). The molecule has 0 saturated carbocycles. The first kappa shape index (κ1) is 26.5. The van der Waals surface area contributed by atoms with Crippen molar-refractivity contribution < 1.29 is 31.2 Å². The van der Waals surface area contributed by atoms with Crippen LogP contribution < -0.4 is 10.5 Å². The Hall–Kier alpha value is -3.08. The van der Waals surface area contributed by atoms with Crippen molar-refractivity contribution in [2.75, 3.05) is 12.7 Å². The Morgan fingerprint density at radius 3 is 2.20 bits per heavy atom. The minimum absolute atomic E-state index is 0.00537. The quantitative estimate of drug-likeness (QED) is 0.328. The number of ketones is 1. The van der Waals surface area contributed by atoms with Crippen LogP contribution in [0.4, 0.5) is 13.2 Å². The standard InChI is InChI=1S/C22H22F3N4O4PS/c23-22(24,25)20-13-18(29(28-20)16-5-7-17(8-6-16)35(26,32)33)14-1-3-15(4-2-14)19(30)9-10-21(31)27-11-12-34/h1-8,13H,9-12,34H2,(H,27,31)(H2,26,32,33). The van der Waals surface area contributed by atoms with E-state index in [-0.39, 0.29) is 40.8 Å². The normalized spacial score (nSPS) is 11.9. The maximum atomic E-state index is 13.4. The van der Waals surface area contributed by atoms with Crippen LogP contribution in [0.2, 0.25) is 0 Å². The van der Waals surface area contributed by atoms with Crippen LogP contribution in [-0.4, -0.2) is 42.6 Å². The van der Waals surface area contributed by atoms with Crippen molar-refractivity contribution in [1.29, 1.82) is 0 Å². The molecule has 0 aliphatic carbocycles. The number of hydrogen-bond donors (Lipinski definition) is 2. The third-order valence-corrected chi connectivity index (χ3v) is 6.18. The smallest absolute Gasteiger partial charge is 0.356 e. The number of Topliss-reactive ketones (excluding diaryl/α,β-unsaturated/α-hetero) is 1. The van der Waals surface area contributed by atoms with E-state index in [1.807, 2.05) is 0 Å². The molecule has 186 valence electrons. The summed E-state index contributed by atoms with van der Waals surface area (Å²) in [4.78, 5) is 23.9. The first-order valence-electron chi connectivity index (χ1n) is 10.3. The van der Waals surface area contributed by atoms with E-state index in [9.17, 15) is 31.2 Å². The van der Waals surface area contributed by atoms with Gasteiger partial charge < -0.3 is 5.32 Å². The Morgan fingerprint density at radius 1 is 1.03 bits per heavy atom. The molecule has 1 atom stereocenters. The lowest BCUT2D eigenvalue weighted by atomic mass is 10.0. The van der Waals surface area contributed by atoms with E-state index in [2.05, 4.69) is 19.7 Å². The van der Waals surface area contributed by atoms with Crippen LogP contribution in [-0.2, 0) is 21.0 Å². The van der Waals surface area contributed by atoms with Crippen LogP contribution >= 0.6 is 9.24 Å². The van der Waals surface area contributed by atoms with Crippen molar-refractivity contribution in [3.63, 3.8) is 0 Å². The van der Waals surface area contributed by atoms with Gasteiger partial charge in [0.05, 0.1) is 16.3 Å². The Labute approximate surface area is 202 Å². The van der Waals surface area contributed by atoms with Crippen molar-refractivity contribution in [3.8, 4) is 16.9 Å². The first-order valence-corrected chi connectivity index (χ1v) is 12.7. The highest BCUT2D eigenvalue weighted by Gasteiger charge is 2.35. The molecule has 1 aromatic heterocycles. The molecule has 0 bridgehead atoms. The van der Waals surface area contributed by atoms with E-state index >= 15 is 0 Å². The molecule has 1 amide bonds. The summed E-state index contributed by atoms with van der Waals surface area (Å²) in [6.45, 7) is 0.491. The van der Waals surface area contributed by atoms with E-state index in [1.54, 1.807) is 0 Å². The number of rotatable bonds is 9. The molecule has 0 aliphatic heterocycles. The molecule has 13 heteroatoms. The minimum atomic E-state index is -4.71. The van der Waals surface area contributed by atoms with Crippen molar-refractivity contribution in [2.45, 2.75) is 23.9 Å². The second-order valence-corrected chi connectivity index (χ2v) is 9.64. The third kappa shape index (κ3) is 6.74. The van der Waals surface area contributed by atoms with Gasteiger partial charge in [0.15, 0.2) is 11.5 Å². The molecule has 2 aromatic carbocycles. The number of hydrogen-bond acceptors (Lipinski definition) is 5. The van der Waals surface area contributed by atoms with Gasteiger partial charge in [0.25, 0.3) is 0 Å². The van der Waals surface area contributed by atoms with Crippen LogP contribution in [0.3, 0.4) is 0 Å². The molecule has 0 fully saturated rings. The first-order chi connectivity index (χ1) is 16.4. The zero-order valence-corrected chi connectivity index (χ0v) is 20.2. The molecule has 1 heterocycles. The van der Waals surface area contributed by atoms with Gasteiger partial charge in [0, 0.05) is 30.5 Å². The second kappa shape index (κ2) is 10.7. The van der Waals surface area contributed by atoms with Crippen molar-refractivity contribution in [1.82, 2.24) is 15.1 Å². The monoisotopic (exact) mass is 526 g/mol. The number of halogens is 3. The predicted octanol–water partition coefficient (Wildman–Crippen LogP) is 3.16. The molecule has 1 unspecified atom stereocenters. The van der Waals surface area contributed by atoms with Crippen LogP contribution in [0.25, 0.3) is 16.9 Å². The van der Waals surface area contributed by atoms with Gasteiger partial charge in [-0.3, -0.25) is 9.59 Å². The van der Waals surface area contributed by atoms with Gasteiger partial charge in [-0.2, -0.15) is 18.3 Å². The van der Waals surface area contributed by atoms with Gasteiger partial charge in [-0.1, -0.05) is 24.3 Å². The fourth-order valence-corrected chi connectivity index (χ4v) is 3.86. The molecule has 0 saturated heterocycles. The molecule has 0 spiro atoms. The number of carbonyl (C=O) groups is 2. The molecular weight excluding hydrogens is 504 g/mol. The molecule has 35 heavy (non-hydrogen) atoms. The maximum Gasteiger partial charge on any atom is 0.435 e. The van der Waals surface area contributed by atoms with E-state index < -0.39 is 21.9 Å². The highest BCUT2D eigenvalue weighted by atomic mass is 32.2. The average Bonchev–Trinajstić information content (AvgIpc) is 3.27. The topological polar surface area (TPSA) is 124 Å². The number of amides is 1. The predicted molar refractivity (Wildman–Crippen MR) is 127 cm³/mol. The molecule has 0 radical (unpaired) electrons. The van der Waals surface area contributed by atoms with E-state index in [4.69, 9.17) is 5.14 Å². The summed E-state index contributed by atoms with van der Waals surface area (Å²) in [5, 5.41) is 11.4. The van der Waals surface area contributed by atoms with Crippen LogP contribution in [0, 0.1) is 0 Å². The highest BCUT2D eigenvalue weighted by molar-refractivity contribution is 7.89. The Balaban J connectivity index is 1.89. The molecule has 3 aromatic rings. The number of alkyl halides is 3. The Morgan fingerprint density at radius 2 is 1.66 bits per heavy atom. The lowest BCUT2D eigenvalue weighted by molar-refractivity contribution is -0.141. The summed E-state index contributed by atoms with van der Waals surface area (Å²) < 4.78 is 64.1. The summed E-state index contributed by atoms with van der Waals surface area (Å²) >= 11 is 0. The maximum absolute atomic E-state index is 13.4. The zero-order valence-electron chi connectivity index (χ0n) is 18.2. The van der Waals surface area contributed by atoms with Crippen molar-refractivity contribution in [3.05, 3.63) is 65.9 Å². The summed E-state index contributed by atoms with van der Waals surface area (Å²) in [5.74, 6) is -0.518. The number of sulfonamides is 1. The summed E-state index contributed by atoms with van der Waals surface area (Å²) in [6, 6.07) is 11.7. The van der Waals surface area contributed by atoms with Gasteiger partial charge in [0.2, 0.25) is 15.9 Å². The minimum Gasteiger partial charge on any atom is -0.356 e. The fourth-order valence-electron chi connectivity index (χ4n) is 3.20. The van der Waals surface area contributed by atoms with Crippen LogP contribution in [0.5, 0.6) is 0 Å². The fraction of sp³-hybridized carbons (Fsp3) is 0.227.